The third-order valence-electron chi connectivity index (χ3n) is 1.67. The number of anilines is 1. The number of nitrogen functional groups attached to an aromatic ring is 1. The van der Waals surface area contributed by atoms with Crippen LogP contribution in [-0.2, 0) is 0 Å². The Morgan fingerprint density at radius 1 is 1.25 bits per heavy atom. The molecule has 16 heavy (non-hydrogen) atoms. The van der Waals surface area contributed by atoms with Crippen molar-refractivity contribution in [3.8, 4) is 12.0 Å². The van der Waals surface area contributed by atoms with Gasteiger partial charge in [-0.3, -0.25) is 0 Å². The van der Waals surface area contributed by atoms with Gasteiger partial charge in [-0.05, 0) is 19.8 Å². The second-order valence-electron chi connectivity index (χ2n) is 2.97. The van der Waals surface area contributed by atoms with E-state index in [2.05, 4.69) is 21.5 Å². The molecular formula is C10H16N4O2. The highest BCUT2D eigenvalue weighted by Crippen LogP contribution is 2.10. The van der Waals surface area contributed by atoms with Gasteiger partial charge in [0.25, 0.3) is 0 Å². The molecule has 0 spiro atoms. The minimum Gasteiger partial charge on any atom is -0.464 e. The molecule has 1 aromatic rings. The molecule has 0 unspecified atom stereocenters. The Morgan fingerprint density at radius 2 is 1.94 bits per heavy atom. The molecule has 6 heteroatoms. The van der Waals surface area contributed by atoms with Crippen molar-refractivity contribution in [3.63, 3.8) is 0 Å². The number of nitrogens with zero attached hydrogens (tertiary/aromatic N) is 3. The molecule has 0 aliphatic carbocycles. The molecule has 6 nitrogen and oxygen atoms in total. The largest absolute Gasteiger partial charge is 0.464 e. The smallest absolute Gasteiger partial charge is 0.324 e. The van der Waals surface area contributed by atoms with Gasteiger partial charge >= 0.3 is 12.0 Å². The van der Waals surface area contributed by atoms with Crippen molar-refractivity contribution < 1.29 is 9.47 Å². The van der Waals surface area contributed by atoms with Gasteiger partial charge in [-0.2, -0.15) is 9.97 Å². The van der Waals surface area contributed by atoms with E-state index in [1.54, 1.807) is 0 Å². The minimum absolute atomic E-state index is 0.0946. The van der Waals surface area contributed by atoms with Crippen molar-refractivity contribution in [3.05, 3.63) is 12.7 Å². The highest BCUT2D eigenvalue weighted by Gasteiger charge is 2.05. The fourth-order valence-corrected chi connectivity index (χ4v) is 1.00. The van der Waals surface area contributed by atoms with E-state index in [4.69, 9.17) is 15.2 Å². The van der Waals surface area contributed by atoms with E-state index in [0.29, 0.717) is 13.2 Å². The Bertz CT molecular complexity index is 344. The number of hydrogen-bond acceptors (Lipinski definition) is 6. The van der Waals surface area contributed by atoms with Crippen molar-refractivity contribution in [2.45, 2.75) is 19.8 Å². The fraction of sp³-hybridized carbons (Fsp3) is 0.500. The van der Waals surface area contributed by atoms with Crippen LogP contribution in [0.5, 0.6) is 12.0 Å². The van der Waals surface area contributed by atoms with Crippen LogP contribution in [0.15, 0.2) is 12.7 Å². The first-order valence-electron chi connectivity index (χ1n) is 5.14. The second kappa shape index (κ2) is 6.60. The third kappa shape index (κ3) is 4.12. The summed E-state index contributed by atoms with van der Waals surface area (Å²) in [6.07, 6.45) is 3.58. The molecular weight excluding hydrogens is 208 g/mol. The van der Waals surface area contributed by atoms with Crippen molar-refractivity contribution in [1.29, 1.82) is 0 Å². The molecule has 0 atom stereocenters. The first-order valence-corrected chi connectivity index (χ1v) is 5.14. The molecule has 2 N–H and O–H groups in total. The standard InChI is InChI=1S/C10H16N4O2/c1-3-5-6-7-16-10-13-8(11)12-9(14-10)15-4-2/h3H,1,4-7H2,2H3,(H2,11,12,13,14). The summed E-state index contributed by atoms with van der Waals surface area (Å²) < 4.78 is 10.4. The lowest BCUT2D eigenvalue weighted by Crippen LogP contribution is -2.07. The van der Waals surface area contributed by atoms with Crippen LogP contribution in [0, 0.1) is 0 Å². The highest BCUT2D eigenvalue weighted by molar-refractivity contribution is 5.20. The molecule has 0 radical (unpaired) electrons. The maximum Gasteiger partial charge on any atom is 0.324 e. The fourth-order valence-electron chi connectivity index (χ4n) is 1.00. The molecule has 1 heterocycles. The number of allylic oxidation sites excluding steroid dienone is 1. The molecule has 0 fully saturated rings. The molecule has 0 aliphatic rings. The molecule has 0 amide bonds. The molecule has 1 aromatic heterocycles. The van der Waals surface area contributed by atoms with E-state index < -0.39 is 0 Å². The molecule has 0 aromatic carbocycles. The third-order valence-corrected chi connectivity index (χ3v) is 1.67. The van der Waals surface area contributed by atoms with Crippen LogP contribution < -0.4 is 15.2 Å². The summed E-state index contributed by atoms with van der Waals surface area (Å²) in [5.41, 5.74) is 5.48. The van der Waals surface area contributed by atoms with Crippen molar-refractivity contribution in [2.24, 2.45) is 0 Å². The molecule has 0 saturated heterocycles. The van der Waals surface area contributed by atoms with E-state index >= 15 is 0 Å². The zero-order valence-electron chi connectivity index (χ0n) is 9.35. The summed E-state index contributed by atoms with van der Waals surface area (Å²) in [7, 11) is 0. The maximum absolute atomic E-state index is 5.48. The molecule has 88 valence electrons. The SMILES string of the molecule is C=CCCCOc1nc(N)nc(OCC)n1. The lowest BCUT2D eigenvalue weighted by molar-refractivity contribution is 0.267. The number of unbranched alkanes of at least 4 members (excludes halogenated alkanes) is 1. The maximum atomic E-state index is 5.48. The van der Waals surface area contributed by atoms with Gasteiger partial charge in [0.2, 0.25) is 5.95 Å². The average molecular weight is 224 g/mol. The van der Waals surface area contributed by atoms with Gasteiger partial charge in [0.05, 0.1) is 13.2 Å². The van der Waals surface area contributed by atoms with Crippen LogP contribution in [0.1, 0.15) is 19.8 Å². The van der Waals surface area contributed by atoms with E-state index in [1.807, 2.05) is 13.0 Å². The molecule has 0 aliphatic heterocycles. The zero-order valence-corrected chi connectivity index (χ0v) is 9.35. The van der Waals surface area contributed by atoms with Crippen LogP contribution in [0.4, 0.5) is 5.95 Å². The summed E-state index contributed by atoms with van der Waals surface area (Å²) in [5.74, 6) is 0.0946. The van der Waals surface area contributed by atoms with E-state index in [0.717, 1.165) is 12.8 Å². The Hall–Kier alpha value is -1.85. The number of rotatable bonds is 7. The number of hydrogen-bond donors (Lipinski definition) is 1. The summed E-state index contributed by atoms with van der Waals surface area (Å²) >= 11 is 0. The van der Waals surface area contributed by atoms with Crippen LogP contribution in [0.25, 0.3) is 0 Å². The van der Waals surface area contributed by atoms with E-state index in [-0.39, 0.29) is 18.0 Å². The van der Waals surface area contributed by atoms with Crippen LogP contribution >= 0.6 is 0 Å². The van der Waals surface area contributed by atoms with E-state index in [1.165, 1.54) is 0 Å². The van der Waals surface area contributed by atoms with Gasteiger partial charge in [-0.1, -0.05) is 6.08 Å². The Morgan fingerprint density at radius 3 is 2.56 bits per heavy atom. The van der Waals surface area contributed by atoms with Gasteiger partial charge in [-0.15, -0.1) is 11.6 Å². The Labute approximate surface area is 94.5 Å². The second-order valence-corrected chi connectivity index (χ2v) is 2.97. The summed E-state index contributed by atoms with van der Waals surface area (Å²) in [6.45, 7) is 6.45. The van der Waals surface area contributed by atoms with Gasteiger partial charge in [0.1, 0.15) is 0 Å². The van der Waals surface area contributed by atoms with Gasteiger partial charge in [-0.25, -0.2) is 0 Å². The highest BCUT2D eigenvalue weighted by atomic mass is 16.5. The summed E-state index contributed by atoms with van der Waals surface area (Å²) in [4.78, 5) is 11.6. The average Bonchev–Trinajstić information content (AvgIpc) is 2.24. The van der Waals surface area contributed by atoms with Gasteiger partial charge in [0, 0.05) is 0 Å². The molecule has 0 saturated carbocycles. The van der Waals surface area contributed by atoms with Gasteiger partial charge in [0.15, 0.2) is 0 Å². The normalized spacial score (nSPS) is 9.81. The topological polar surface area (TPSA) is 83.2 Å². The predicted molar refractivity (Wildman–Crippen MR) is 60.3 cm³/mol. The Kier molecular flexibility index (Phi) is 5.04. The molecule has 1 rings (SSSR count). The van der Waals surface area contributed by atoms with Crippen LogP contribution in [-0.4, -0.2) is 28.2 Å². The molecule has 0 bridgehead atoms. The lowest BCUT2D eigenvalue weighted by Gasteiger charge is -2.05. The van der Waals surface area contributed by atoms with Crippen LogP contribution in [0.3, 0.4) is 0 Å². The lowest BCUT2D eigenvalue weighted by atomic mass is 10.3. The Balaban J connectivity index is 2.54. The quantitative estimate of drug-likeness (QED) is 0.553. The predicted octanol–water partition coefficient (Wildman–Crippen LogP) is 1.20. The number of ether oxygens (including phenoxy) is 2. The monoisotopic (exact) mass is 224 g/mol. The summed E-state index contributed by atoms with van der Waals surface area (Å²) in [6, 6.07) is 0.383. The van der Waals surface area contributed by atoms with E-state index in [9.17, 15) is 0 Å². The van der Waals surface area contributed by atoms with Crippen molar-refractivity contribution >= 4 is 5.95 Å². The summed E-state index contributed by atoms with van der Waals surface area (Å²) in [5, 5.41) is 0. The van der Waals surface area contributed by atoms with Crippen molar-refractivity contribution in [1.82, 2.24) is 15.0 Å². The van der Waals surface area contributed by atoms with Crippen LogP contribution in [0.2, 0.25) is 0 Å². The first kappa shape index (κ1) is 12.2. The zero-order chi connectivity index (χ0) is 11.8. The number of nitrogens with two attached hydrogens (primary N) is 1. The minimum atomic E-state index is 0.0946. The van der Waals surface area contributed by atoms with Gasteiger partial charge < -0.3 is 15.2 Å². The first-order chi connectivity index (χ1) is 7.76. The van der Waals surface area contributed by atoms with Crippen molar-refractivity contribution in [2.75, 3.05) is 18.9 Å². The number of aromatic nitrogens is 3.